The lowest BCUT2D eigenvalue weighted by Crippen LogP contribution is -2.53. The van der Waals surface area contributed by atoms with Crippen molar-refractivity contribution < 1.29 is 9.53 Å². The summed E-state index contributed by atoms with van der Waals surface area (Å²) in [6.07, 6.45) is 3.92. The summed E-state index contributed by atoms with van der Waals surface area (Å²) >= 11 is 3.56. The van der Waals surface area contributed by atoms with Crippen LogP contribution in [0.1, 0.15) is 30.4 Å². The number of benzene rings is 1. The van der Waals surface area contributed by atoms with Gasteiger partial charge in [-0.3, -0.25) is 10.1 Å². The number of primary amides is 1. The van der Waals surface area contributed by atoms with Gasteiger partial charge < -0.3 is 10.5 Å². The van der Waals surface area contributed by atoms with Gasteiger partial charge >= 0.3 is 0 Å². The third kappa shape index (κ3) is 2.28. The molecule has 1 amide bonds. The quantitative estimate of drug-likeness (QED) is 0.880. The van der Waals surface area contributed by atoms with Crippen LogP contribution in [0, 0.1) is 0 Å². The van der Waals surface area contributed by atoms with E-state index in [-0.39, 0.29) is 12.0 Å². The normalized spacial score (nSPS) is 28.6. The maximum atomic E-state index is 12.1. The Labute approximate surface area is 127 Å². The SMILES string of the molecule is NC(=O)C1(NCC2CCCO2)CCc2c(Br)cccc21. The van der Waals surface area contributed by atoms with Crippen LogP contribution in [0.25, 0.3) is 0 Å². The number of ether oxygens (including phenoxy) is 1. The number of halogens is 1. The first kappa shape index (κ1) is 14.0. The Kier molecular flexibility index (Phi) is 3.84. The molecule has 4 nitrogen and oxygen atoms in total. The zero-order chi connectivity index (χ0) is 14.2. The highest BCUT2D eigenvalue weighted by atomic mass is 79.9. The molecule has 1 saturated heterocycles. The van der Waals surface area contributed by atoms with Gasteiger partial charge in [0.1, 0.15) is 5.54 Å². The van der Waals surface area contributed by atoms with E-state index >= 15 is 0 Å². The molecule has 2 atom stereocenters. The molecular weight excluding hydrogens is 320 g/mol. The fourth-order valence-electron chi connectivity index (χ4n) is 3.28. The molecule has 20 heavy (non-hydrogen) atoms. The van der Waals surface area contributed by atoms with Crippen LogP contribution in [0.15, 0.2) is 22.7 Å². The number of hydrogen-bond donors (Lipinski definition) is 2. The van der Waals surface area contributed by atoms with Crippen molar-refractivity contribution in [2.45, 2.75) is 37.3 Å². The van der Waals surface area contributed by atoms with Crippen molar-refractivity contribution in [1.29, 1.82) is 0 Å². The molecule has 0 spiro atoms. The van der Waals surface area contributed by atoms with Crippen LogP contribution in [-0.2, 0) is 21.5 Å². The molecule has 1 aliphatic carbocycles. The first-order valence-corrected chi connectivity index (χ1v) is 7.87. The highest BCUT2D eigenvalue weighted by Crippen LogP contribution is 2.40. The lowest BCUT2D eigenvalue weighted by atomic mass is 9.90. The van der Waals surface area contributed by atoms with Gasteiger partial charge in [-0.25, -0.2) is 0 Å². The van der Waals surface area contributed by atoms with E-state index in [1.807, 2.05) is 18.2 Å². The number of nitrogens with one attached hydrogen (secondary N) is 1. The van der Waals surface area contributed by atoms with Gasteiger partial charge in [-0.15, -0.1) is 0 Å². The summed E-state index contributed by atoms with van der Waals surface area (Å²) in [5.74, 6) is -0.299. The maximum Gasteiger partial charge on any atom is 0.242 e. The average Bonchev–Trinajstić information content (AvgIpc) is 3.05. The lowest BCUT2D eigenvalue weighted by Gasteiger charge is -2.29. The second-order valence-electron chi connectivity index (χ2n) is 5.55. The average molecular weight is 339 g/mol. The first-order valence-electron chi connectivity index (χ1n) is 7.08. The van der Waals surface area contributed by atoms with E-state index in [1.54, 1.807) is 0 Å². The Morgan fingerprint density at radius 3 is 3.10 bits per heavy atom. The molecule has 108 valence electrons. The van der Waals surface area contributed by atoms with Crippen LogP contribution in [0.4, 0.5) is 0 Å². The van der Waals surface area contributed by atoms with E-state index in [4.69, 9.17) is 10.5 Å². The summed E-state index contributed by atoms with van der Waals surface area (Å²) in [6.45, 7) is 1.49. The number of amides is 1. The van der Waals surface area contributed by atoms with E-state index in [0.29, 0.717) is 13.0 Å². The maximum absolute atomic E-state index is 12.1. The van der Waals surface area contributed by atoms with Gasteiger partial charge in [0, 0.05) is 17.6 Å². The standard InChI is InChI=1S/C15H19BrN2O2/c16-13-5-1-4-12-11(13)6-7-15(12,14(17)19)18-9-10-3-2-8-20-10/h1,4-5,10,18H,2-3,6-9H2,(H2,17,19). The van der Waals surface area contributed by atoms with Crippen LogP contribution >= 0.6 is 15.9 Å². The van der Waals surface area contributed by atoms with E-state index in [1.165, 1.54) is 5.56 Å². The van der Waals surface area contributed by atoms with Crippen molar-refractivity contribution in [3.8, 4) is 0 Å². The molecule has 1 aliphatic heterocycles. The lowest BCUT2D eigenvalue weighted by molar-refractivity contribution is -0.125. The van der Waals surface area contributed by atoms with Gasteiger partial charge in [0.25, 0.3) is 0 Å². The van der Waals surface area contributed by atoms with Gasteiger partial charge in [-0.2, -0.15) is 0 Å². The van der Waals surface area contributed by atoms with Crippen LogP contribution in [0.5, 0.6) is 0 Å². The molecule has 0 radical (unpaired) electrons. The molecular formula is C15H19BrN2O2. The second-order valence-corrected chi connectivity index (χ2v) is 6.41. The molecule has 1 aromatic rings. The molecule has 3 N–H and O–H groups in total. The zero-order valence-corrected chi connectivity index (χ0v) is 12.9. The molecule has 2 aliphatic rings. The fourth-order valence-corrected chi connectivity index (χ4v) is 3.84. The summed E-state index contributed by atoms with van der Waals surface area (Å²) < 4.78 is 6.68. The number of carbonyl (C=O) groups excluding carboxylic acids is 1. The number of hydrogen-bond acceptors (Lipinski definition) is 3. The molecule has 0 bridgehead atoms. The minimum absolute atomic E-state index is 0.197. The topological polar surface area (TPSA) is 64.4 Å². The molecule has 5 heteroatoms. The van der Waals surface area contributed by atoms with Crippen molar-refractivity contribution in [2.75, 3.05) is 13.2 Å². The predicted molar refractivity (Wildman–Crippen MR) is 80.3 cm³/mol. The number of rotatable bonds is 4. The number of nitrogens with two attached hydrogens (primary N) is 1. The highest BCUT2D eigenvalue weighted by molar-refractivity contribution is 9.10. The fraction of sp³-hybridized carbons (Fsp3) is 0.533. The van der Waals surface area contributed by atoms with E-state index in [9.17, 15) is 4.79 Å². The summed E-state index contributed by atoms with van der Waals surface area (Å²) in [4.78, 5) is 12.1. The number of fused-ring (bicyclic) bond motifs is 1. The summed E-state index contributed by atoms with van der Waals surface area (Å²) in [5, 5.41) is 3.40. The monoisotopic (exact) mass is 338 g/mol. The van der Waals surface area contributed by atoms with E-state index < -0.39 is 5.54 Å². The largest absolute Gasteiger partial charge is 0.377 e. The van der Waals surface area contributed by atoms with Crippen LogP contribution in [-0.4, -0.2) is 25.2 Å². The van der Waals surface area contributed by atoms with E-state index in [0.717, 1.165) is 35.9 Å². The van der Waals surface area contributed by atoms with Gasteiger partial charge in [0.15, 0.2) is 0 Å². The summed E-state index contributed by atoms with van der Waals surface area (Å²) in [7, 11) is 0. The Morgan fingerprint density at radius 1 is 1.55 bits per heavy atom. The molecule has 3 rings (SSSR count). The third-order valence-corrected chi connectivity index (χ3v) is 5.15. The minimum atomic E-state index is -0.745. The van der Waals surface area contributed by atoms with Gasteiger partial charge in [0.05, 0.1) is 6.10 Å². The molecule has 2 unspecified atom stereocenters. The smallest absolute Gasteiger partial charge is 0.242 e. The third-order valence-electron chi connectivity index (χ3n) is 4.40. The Balaban J connectivity index is 1.87. The predicted octanol–water partition coefficient (Wildman–Crippen LogP) is 1.84. The van der Waals surface area contributed by atoms with Crippen molar-refractivity contribution in [1.82, 2.24) is 5.32 Å². The van der Waals surface area contributed by atoms with Gasteiger partial charge in [-0.05, 0) is 42.9 Å². The van der Waals surface area contributed by atoms with Crippen molar-refractivity contribution in [3.05, 3.63) is 33.8 Å². The summed E-state index contributed by atoms with van der Waals surface area (Å²) in [5.41, 5.74) is 7.18. The van der Waals surface area contributed by atoms with Crippen molar-refractivity contribution in [2.24, 2.45) is 5.73 Å². The molecule has 0 aromatic heterocycles. The molecule has 1 fully saturated rings. The summed E-state index contributed by atoms with van der Waals surface area (Å²) in [6, 6.07) is 5.97. The van der Waals surface area contributed by atoms with Gasteiger partial charge in [-0.1, -0.05) is 28.1 Å². The van der Waals surface area contributed by atoms with Crippen molar-refractivity contribution in [3.63, 3.8) is 0 Å². The zero-order valence-electron chi connectivity index (χ0n) is 11.3. The Morgan fingerprint density at radius 2 is 2.40 bits per heavy atom. The number of carbonyl (C=O) groups is 1. The second kappa shape index (κ2) is 5.47. The highest BCUT2D eigenvalue weighted by Gasteiger charge is 2.44. The first-order chi connectivity index (χ1) is 9.63. The molecule has 0 saturated carbocycles. The molecule has 1 aromatic carbocycles. The van der Waals surface area contributed by atoms with Crippen molar-refractivity contribution >= 4 is 21.8 Å². The van der Waals surface area contributed by atoms with Crippen LogP contribution in [0.3, 0.4) is 0 Å². The molecule has 1 heterocycles. The van der Waals surface area contributed by atoms with Crippen LogP contribution < -0.4 is 11.1 Å². The Hall–Kier alpha value is -0.910. The van der Waals surface area contributed by atoms with E-state index in [2.05, 4.69) is 21.2 Å². The Bertz CT molecular complexity index is 529. The van der Waals surface area contributed by atoms with Gasteiger partial charge in [0.2, 0.25) is 5.91 Å². The minimum Gasteiger partial charge on any atom is -0.377 e. The van der Waals surface area contributed by atoms with Crippen LogP contribution in [0.2, 0.25) is 0 Å².